The van der Waals surface area contributed by atoms with Crippen molar-refractivity contribution in [3.05, 3.63) is 119 Å². The second-order valence-corrected chi connectivity index (χ2v) is 9.71. The van der Waals surface area contributed by atoms with Crippen molar-refractivity contribution >= 4 is 0 Å². The molecule has 186 valence electrons. The van der Waals surface area contributed by atoms with Gasteiger partial charge in [0.1, 0.15) is 11.5 Å². The molecule has 0 saturated carbocycles. The summed E-state index contributed by atoms with van der Waals surface area (Å²) in [4.78, 5) is 0. The zero-order valence-corrected chi connectivity index (χ0v) is 22.5. The molecule has 1 nitrogen and oxygen atoms in total. The second-order valence-electron chi connectivity index (χ2n) is 9.71. The van der Waals surface area contributed by atoms with Crippen LogP contribution in [0.5, 0.6) is 0 Å². The lowest BCUT2D eigenvalue weighted by molar-refractivity contribution is 0.599. The van der Waals surface area contributed by atoms with E-state index in [4.69, 9.17) is 4.42 Å². The molecule has 0 aliphatic heterocycles. The Morgan fingerprint density at radius 2 is 0.595 bits per heavy atom. The lowest BCUT2D eigenvalue weighted by atomic mass is 9.90. The van der Waals surface area contributed by atoms with Crippen LogP contribution in [0.3, 0.4) is 0 Å². The quantitative estimate of drug-likeness (QED) is 0.213. The fourth-order valence-electron chi connectivity index (χ4n) is 4.99. The first-order valence-corrected chi connectivity index (χ1v) is 13.7. The van der Waals surface area contributed by atoms with Crippen LogP contribution in [0.15, 0.2) is 101 Å². The molecule has 4 aromatic carbocycles. The third-order valence-corrected chi connectivity index (χ3v) is 7.46. The summed E-state index contributed by atoms with van der Waals surface area (Å²) in [5, 5.41) is 0. The van der Waals surface area contributed by atoms with Gasteiger partial charge in [0.15, 0.2) is 0 Å². The highest BCUT2D eigenvalue weighted by Gasteiger charge is 2.25. The van der Waals surface area contributed by atoms with Crippen LogP contribution in [-0.4, -0.2) is 0 Å². The topological polar surface area (TPSA) is 13.1 Å². The monoisotopic (exact) mass is 484 g/mol. The van der Waals surface area contributed by atoms with Gasteiger partial charge in [-0.15, -0.1) is 0 Å². The van der Waals surface area contributed by atoms with Gasteiger partial charge in [0.05, 0.1) is 0 Å². The molecule has 0 bridgehead atoms. The van der Waals surface area contributed by atoms with Crippen LogP contribution in [0, 0.1) is 0 Å². The Labute approximate surface area is 221 Å². The number of rotatable bonds is 8. The van der Waals surface area contributed by atoms with E-state index in [-0.39, 0.29) is 0 Å². The van der Waals surface area contributed by atoms with Crippen molar-refractivity contribution in [1.29, 1.82) is 0 Å². The van der Waals surface area contributed by atoms with Crippen molar-refractivity contribution in [3.63, 3.8) is 0 Å². The molecule has 0 atom stereocenters. The van der Waals surface area contributed by atoms with Crippen LogP contribution in [0.1, 0.15) is 49.9 Å². The smallest absolute Gasteiger partial charge is 0.143 e. The Morgan fingerprint density at radius 3 is 0.838 bits per heavy atom. The van der Waals surface area contributed by atoms with E-state index in [0.29, 0.717) is 0 Å². The summed E-state index contributed by atoms with van der Waals surface area (Å²) in [6.07, 6.45) is 4.09. The number of hydrogen-bond donors (Lipinski definition) is 0. The Morgan fingerprint density at radius 1 is 0.351 bits per heavy atom. The Hall–Kier alpha value is -3.84. The predicted molar refractivity (Wildman–Crippen MR) is 158 cm³/mol. The summed E-state index contributed by atoms with van der Waals surface area (Å²) in [7, 11) is 0. The van der Waals surface area contributed by atoms with Crippen molar-refractivity contribution < 1.29 is 4.42 Å². The van der Waals surface area contributed by atoms with E-state index in [2.05, 4.69) is 125 Å². The number of furan rings is 1. The standard InChI is InChI=1S/C36H36O/c1-5-25-9-17-29(18-10-25)33-34(30-19-11-26(6-2)12-20-30)36(32-23-15-28(8-4)16-24-32)37-35(33)31-21-13-27(7-3)14-22-31/h9-24H,5-8H2,1-4H3. The maximum absolute atomic E-state index is 6.89. The molecular weight excluding hydrogens is 448 g/mol. The molecule has 1 aromatic heterocycles. The average molecular weight is 485 g/mol. The minimum atomic E-state index is 0.927. The number of hydrogen-bond acceptors (Lipinski definition) is 1. The van der Waals surface area contributed by atoms with Crippen LogP contribution in [0.2, 0.25) is 0 Å². The molecule has 0 aliphatic carbocycles. The number of aryl methyl sites for hydroxylation is 4. The summed E-state index contributed by atoms with van der Waals surface area (Å²) in [5.74, 6) is 1.85. The average Bonchev–Trinajstić information content (AvgIpc) is 3.38. The lowest BCUT2D eigenvalue weighted by Gasteiger charge is -2.10. The molecule has 37 heavy (non-hydrogen) atoms. The van der Waals surface area contributed by atoms with Gasteiger partial charge in [-0.3, -0.25) is 0 Å². The molecular formula is C36H36O. The Kier molecular flexibility index (Phi) is 7.42. The maximum Gasteiger partial charge on any atom is 0.143 e. The first kappa shape index (κ1) is 24.8. The molecule has 0 aliphatic rings. The van der Waals surface area contributed by atoms with Crippen molar-refractivity contribution in [2.75, 3.05) is 0 Å². The summed E-state index contributed by atoms with van der Waals surface area (Å²) in [5.41, 5.74) is 12.2. The first-order valence-electron chi connectivity index (χ1n) is 13.7. The minimum absolute atomic E-state index is 0.927. The van der Waals surface area contributed by atoms with E-state index in [1.807, 2.05) is 0 Å². The largest absolute Gasteiger partial charge is 0.455 e. The highest BCUT2D eigenvalue weighted by atomic mass is 16.3. The van der Waals surface area contributed by atoms with Gasteiger partial charge in [-0.2, -0.15) is 0 Å². The van der Waals surface area contributed by atoms with Gasteiger partial charge in [0.2, 0.25) is 0 Å². The molecule has 5 rings (SSSR count). The van der Waals surface area contributed by atoms with Crippen LogP contribution in [0.4, 0.5) is 0 Å². The highest BCUT2D eigenvalue weighted by Crippen LogP contribution is 2.48. The summed E-state index contributed by atoms with van der Waals surface area (Å²) in [6.45, 7) is 8.79. The molecule has 0 saturated heterocycles. The zero-order chi connectivity index (χ0) is 25.8. The van der Waals surface area contributed by atoms with Gasteiger partial charge in [-0.05, 0) is 59.1 Å². The van der Waals surface area contributed by atoms with E-state index >= 15 is 0 Å². The summed E-state index contributed by atoms with van der Waals surface area (Å²) in [6, 6.07) is 35.7. The zero-order valence-electron chi connectivity index (χ0n) is 22.5. The van der Waals surface area contributed by atoms with Gasteiger partial charge >= 0.3 is 0 Å². The molecule has 0 amide bonds. The highest BCUT2D eigenvalue weighted by molar-refractivity contribution is 5.99. The van der Waals surface area contributed by atoms with Gasteiger partial charge in [0, 0.05) is 22.3 Å². The van der Waals surface area contributed by atoms with E-state index in [1.165, 1.54) is 33.4 Å². The van der Waals surface area contributed by atoms with Gasteiger partial charge in [0.25, 0.3) is 0 Å². The van der Waals surface area contributed by atoms with Crippen LogP contribution in [-0.2, 0) is 25.7 Å². The molecule has 0 radical (unpaired) electrons. The van der Waals surface area contributed by atoms with E-state index in [0.717, 1.165) is 59.5 Å². The van der Waals surface area contributed by atoms with Crippen LogP contribution >= 0.6 is 0 Å². The molecule has 0 N–H and O–H groups in total. The fourth-order valence-corrected chi connectivity index (χ4v) is 4.99. The van der Waals surface area contributed by atoms with E-state index in [9.17, 15) is 0 Å². The minimum Gasteiger partial charge on any atom is -0.455 e. The third kappa shape index (κ3) is 5.04. The summed E-state index contributed by atoms with van der Waals surface area (Å²) < 4.78 is 6.89. The fraction of sp³-hybridized carbons (Fsp3) is 0.222. The van der Waals surface area contributed by atoms with Crippen molar-refractivity contribution in [2.45, 2.75) is 53.4 Å². The normalized spacial score (nSPS) is 11.1. The second kappa shape index (κ2) is 11.0. The molecule has 1 heterocycles. The molecule has 5 aromatic rings. The molecule has 1 heteroatoms. The Bertz CT molecular complexity index is 1340. The number of benzene rings is 4. The first-order chi connectivity index (χ1) is 18.1. The van der Waals surface area contributed by atoms with Crippen molar-refractivity contribution in [3.8, 4) is 44.9 Å². The van der Waals surface area contributed by atoms with E-state index < -0.39 is 0 Å². The van der Waals surface area contributed by atoms with E-state index in [1.54, 1.807) is 0 Å². The molecule has 0 fully saturated rings. The van der Waals surface area contributed by atoms with Gasteiger partial charge in [-0.25, -0.2) is 0 Å². The van der Waals surface area contributed by atoms with Gasteiger partial charge in [-0.1, -0.05) is 125 Å². The van der Waals surface area contributed by atoms with Crippen molar-refractivity contribution in [1.82, 2.24) is 0 Å². The Balaban J connectivity index is 1.81. The molecule has 0 spiro atoms. The SMILES string of the molecule is CCc1ccc(-c2oc(-c3ccc(CC)cc3)c(-c3ccc(CC)cc3)c2-c2ccc(CC)cc2)cc1. The van der Waals surface area contributed by atoms with Crippen LogP contribution < -0.4 is 0 Å². The van der Waals surface area contributed by atoms with Gasteiger partial charge < -0.3 is 4.42 Å². The predicted octanol–water partition coefficient (Wildman–Crippen LogP) is 10.2. The third-order valence-electron chi connectivity index (χ3n) is 7.46. The maximum atomic E-state index is 6.89. The summed E-state index contributed by atoms with van der Waals surface area (Å²) >= 11 is 0. The molecule has 0 unspecified atom stereocenters. The lowest BCUT2D eigenvalue weighted by Crippen LogP contribution is -1.89. The van der Waals surface area contributed by atoms with Crippen molar-refractivity contribution in [2.24, 2.45) is 0 Å². The van der Waals surface area contributed by atoms with Crippen LogP contribution in [0.25, 0.3) is 44.9 Å².